The van der Waals surface area contributed by atoms with Crippen LogP contribution >= 0.6 is 0 Å². The number of aromatic nitrogens is 3. The summed E-state index contributed by atoms with van der Waals surface area (Å²) in [6.45, 7) is 5.61. The average molecular weight is 298 g/mol. The van der Waals surface area contributed by atoms with Crippen LogP contribution in [0.15, 0.2) is 30.6 Å². The van der Waals surface area contributed by atoms with E-state index in [1.807, 2.05) is 49.6 Å². The van der Waals surface area contributed by atoms with E-state index in [-0.39, 0.29) is 12.5 Å². The van der Waals surface area contributed by atoms with Gasteiger partial charge in [0, 0.05) is 5.39 Å². The maximum Gasteiger partial charge on any atom is 0.326 e. The third-order valence-electron chi connectivity index (χ3n) is 3.28. The first kappa shape index (κ1) is 14.3. The molecule has 22 heavy (non-hydrogen) atoms. The number of carbonyl (C=O) groups is 1. The maximum absolute atomic E-state index is 12.2. The number of nitrogen functional groups attached to an aromatic ring is 1. The Morgan fingerprint density at radius 2 is 2.00 bits per heavy atom. The highest BCUT2D eigenvalue weighted by molar-refractivity contribution is 6.11. The minimum Gasteiger partial charge on any atom is -0.459 e. The van der Waals surface area contributed by atoms with E-state index in [0.29, 0.717) is 11.5 Å². The summed E-state index contributed by atoms with van der Waals surface area (Å²) in [4.78, 5) is 20.5. The molecular weight excluding hydrogens is 280 g/mol. The van der Waals surface area contributed by atoms with Crippen molar-refractivity contribution in [2.75, 3.05) is 5.73 Å². The normalized spacial score (nSPS) is 12.0. The van der Waals surface area contributed by atoms with Crippen LogP contribution in [-0.2, 0) is 16.1 Å². The molecule has 0 aliphatic heterocycles. The molecule has 0 unspecified atom stereocenters. The van der Waals surface area contributed by atoms with Crippen molar-refractivity contribution < 1.29 is 9.53 Å². The van der Waals surface area contributed by atoms with Crippen LogP contribution in [0, 0.1) is 0 Å². The zero-order valence-corrected chi connectivity index (χ0v) is 12.8. The van der Waals surface area contributed by atoms with Crippen molar-refractivity contribution in [3.63, 3.8) is 0 Å². The van der Waals surface area contributed by atoms with Gasteiger partial charge in [0.2, 0.25) is 0 Å². The van der Waals surface area contributed by atoms with Gasteiger partial charge in [0.05, 0.1) is 10.9 Å². The van der Waals surface area contributed by atoms with Crippen LogP contribution in [-0.4, -0.2) is 26.1 Å². The molecule has 0 fully saturated rings. The second-order valence-corrected chi connectivity index (χ2v) is 6.15. The molecule has 3 rings (SSSR count). The maximum atomic E-state index is 12.2. The van der Waals surface area contributed by atoms with Crippen LogP contribution in [0.2, 0.25) is 0 Å². The summed E-state index contributed by atoms with van der Waals surface area (Å²) in [6, 6.07) is 7.71. The smallest absolute Gasteiger partial charge is 0.326 e. The Kier molecular flexibility index (Phi) is 3.24. The van der Waals surface area contributed by atoms with Gasteiger partial charge < -0.3 is 15.0 Å². The standard InChI is InChI=1S/C16H18N4O2/c1-16(2,3)22-12(21)8-20-11-7-5-4-6-10(11)13-14(17)18-9-19-15(13)20/h4-7,9H,8H2,1-3H3,(H2,17,18,19). The summed E-state index contributed by atoms with van der Waals surface area (Å²) in [6.07, 6.45) is 1.40. The lowest BCUT2D eigenvalue weighted by Gasteiger charge is -2.19. The van der Waals surface area contributed by atoms with Gasteiger partial charge in [0.15, 0.2) is 0 Å². The molecule has 0 aliphatic rings. The number of hydrogen-bond donors (Lipinski definition) is 1. The second kappa shape index (κ2) is 4.98. The number of rotatable bonds is 2. The van der Waals surface area contributed by atoms with Gasteiger partial charge in [0.1, 0.15) is 29.9 Å². The summed E-state index contributed by atoms with van der Waals surface area (Å²) in [5.41, 5.74) is 6.99. The molecule has 6 heteroatoms. The van der Waals surface area contributed by atoms with Crippen molar-refractivity contribution in [3.05, 3.63) is 30.6 Å². The molecule has 0 saturated heterocycles. The predicted octanol–water partition coefficient (Wildman–Crippen LogP) is 2.51. The van der Waals surface area contributed by atoms with Gasteiger partial charge in [0.25, 0.3) is 0 Å². The number of esters is 1. The molecular formula is C16H18N4O2. The van der Waals surface area contributed by atoms with Gasteiger partial charge in [-0.2, -0.15) is 0 Å². The van der Waals surface area contributed by atoms with Crippen molar-refractivity contribution in [2.45, 2.75) is 32.9 Å². The minimum absolute atomic E-state index is 0.0811. The Morgan fingerprint density at radius 1 is 1.27 bits per heavy atom. The number of hydrogen-bond acceptors (Lipinski definition) is 5. The fraction of sp³-hybridized carbons (Fsp3) is 0.312. The Labute approximate surface area is 127 Å². The zero-order valence-electron chi connectivity index (χ0n) is 12.8. The topological polar surface area (TPSA) is 83.0 Å². The Bertz CT molecular complexity index is 862. The van der Waals surface area contributed by atoms with Gasteiger partial charge in [-0.05, 0) is 26.8 Å². The summed E-state index contributed by atoms with van der Waals surface area (Å²) >= 11 is 0. The molecule has 2 heterocycles. The van der Waals surface area contributed by atoms with Gasteiger partial charge in [-0.1, -0.05) is 18.2 Å². The number of nitrogens with zero attached hydrogens (tertiary/aromatic N) is 3. The van der Waals surface area contributed by atoms with E-state index in [1.54, 1.807) is 0 Å². The lowest BCUT2D eigenvalue weighted by atomic mass is 10.2. The van der Waals surface area contributed by atoms with Crippen LogP contribution in [0.5, 0.6) is 0 Å². The molecule has 2 aromatic heterocycles. The van der Waals surface area contributed by atoms with E-state index in [0.717, 1.165) is 16.3 Å². The SMILES string of the molecule is CC(C)(C)OC(=O)Cn1c2ccccc2c2c(N)ncnc21. The second-order valence-electron chi connectivity index (χ2n) is 6.15. The molecule has 114 valence electrons. The summed E-state index contributed by atoms with van der Waals surface area (Å²) in [5.74, 6) is 0.0940. The fourth-order valence-corrected chi connectivity index (χ4v) is 2.55. The van der Waals surface area contributed by atoms with Crippen LogP contribution in [0.3, 0.4) is 0 Å². The molecule has 0 bridgehead atoms. The van der Waals surface area contributed by atoms with E-state index in [9.17, 15) is 4.79 Å². The number of ether oxygens (including phenoxy) is 1. The molecule has 6 nitrogen and oxygen atoms in total. The predicted molar refractivity (Wildman–Crippen MR) is 85.3 cm³/mol. The third-order valence-corrected chi connectivity index (χ3v) is 3.28. The van der Waals surface area contributed by atoms with Gasteiger partial charge in [-0.15, -0.1) is 0 Å². The monoisotopic (exact) mass is 298 g/mol. The van der Waals surface area contributed by atoms with Crippen LogP contribution in [0.4, 0.5) is 5.82 Å². The molecule has 0 radical (unpaired) electrons. The Morgan fingerprint density at radius 3 is 2.73 bits per heavy atom. The van der Waals surface area contributed by atoms with Crippen molar-refractivity contribution in [1.29, 1.82) is 0 Å². The highest BCUT2D eigenvalue weighted by Gasteiger charge is 2.20. The van der Waals surface area contributed by atoms with Crippen LogP contribution in [0.25, 0.3) is 21.9 Å². The molecule has 0 saturated carbocycles. The molecule has 0 amide bonds. The highest BCUT2D eigenvalue weighted by atomic mass is 16.6. The van der Waals surface area contributed by atoms with E-state index in [4.69, 9.17) is 10.5 Å². The number of benzene rings is 1. The highest BCUT2D eigenvalue weighted by Crippen LogP contribution is 2.30. The fourth-order valence-electron chi connectivity index (χ4n) is 2.55. The van der Waals surface area contributed by atoms with Crippen LogP contribution < -0.4 is 5.73 Å². The molecule has 0 atom stereocenters. The van der Waals surface area contributed by atoms with Gasteiger partial charge in [-0.25, -0.2) is 9.97 Å². The minimum atomic E-state index is -0.524. The first-order valence-electron chi connectivity index (χ1n) is 7.06. The van der Waals surface area contributed by atoms with Crippen LogP contribution in [0.1, 0.15) is 20.8 Å². The molecule has 2 N–H and O–H groups in total. The average Bonchev–Trinajstić information content (AvgIpc) is 2.73. The number of fused-ring (bicyclic) bond motifs is 3. The Balaban J connectivity index is 2.15. The summed E-state index contributed by atoms with van der Waals surface area (Å²) in [5, 5.41) is 1.70. The number of nitrogens with two attached hydrogens (primary N) is 1. The molecule has 0 spiro atoms. The summed E-state index contributed by atoms with van der Waals surface area (Å²) in [7, 11) is 0. The largest absolute Gasteiger partial charge is 0.459 e. The first-order valence-corrected chi connectivity index (χ1v) is 7.06. The van der Waals surface area contributed by atoms with Crippen molar-refractivity contribution in [2.24, 2.45) is 0 Å². The number of anilines is 1. The third kappa shape index (κ3) is 2.47. The molecule has 1 aromatic carbocycles. The lowest BCUT2D eigenvalue weighted by Crippen LogP contribution is -2.26. The van der Waals surface area contributed by atoms with E-state index in [2.05, 4.69) is 9.97 Å². The quantitative estimate of drug-likeness (QED) is 0.735. The summed E-state index contributed by atoms with van der Waals surface area (Å²) < 4.78 is 7.22. The van der Waals surface area contributed by atoms with Gasteiger partial charge >= 0.3 is 5.97 Å². The number of para-hydroxylation sites is 1. The Hall–Kier alpha value is -2.63. The van der Waals surface area contributed by atoms with Crippen molar-refractivity contribution in [3.8, 4) is 0 Å². The van der Waals surface area contributed by atoms with Gasteiger partial charge in [-0.3, -0.25) is 4.79 Å². The zero-order chi connectivity index (χ0) is 15.9. The van der Waals surface area contributed by atoms with E-state index in [1.165, 1.54) is 6.33 Å². The van der Waals surface area contributed by atoms with Crippen molar-refractivity contribution >= 4 is 33.7 Å². The van der Waals surface area contributed by atoms with E-state index < -0.39 is 5.60 Å². The number of carbonyl (C=O) groups excluding carboxylic acids is 1. The molecule has 3 aromatic rings. The van der Waals surface area contributed by atoms with E-state index >= 15 is 0 Å². The first-order chi connectivity index (χ1) is 10.4. The van der Waals surface area contributed by atoms with Crippen molar-refractivity contribution in [1.82, 2.24) is 14.5 Å². The molecule has 0 aliphatic carbocycles. The lowest BCUT2D eigenvalue weighted by molar-refractivity contribution is -0.155.